The molecule has 6 nitrogen and oxygen atoms in total. The number of amides is 1. The molecule has 6 heteroatoms. The fourth-order valence-corrected chi connectivity index (χ4v) is 2.62. The van der Waals surface area contributed by atoms with Crippen LogP contribution in [0.2, 0.25) is 0 Å². The molecule has 0 fully saturated rings. The Bertz CT molecular complexity index is 900. The van der Waals surface area contributed by atoms with Gasteiger partial charge < -0.3 is 14.0 Å². The number of carbonyl (C=O) groups excluding carboxylic acids is 1. The van der Waals surface area contributed by atoms with Crippen molar-refractivity contribution in [3.63, 3.8) is 0 Å². The van der Waals surface area contributed by atoms with Crippen molar-refractivity contribution >= 4 is 11.8 Å². The fraction of sp³-hybridized carbons (Fsp3) is 0.200. The van der Waals surface area contributed by atoms with Crippen LogP contribution in [0.5, 0.6) is 11.5 Å². The maximum atomic E-state index is 12.4. The number of nitrogens with one attached hydrogen (secondary N) is 1. The van der Waals surface area contributed by atoms with Crippen LogP contribution in [0, 0.1) is 6.92 Å². The highest BCUT2D eigenvalue weighted by molar-refractivity contribution is 5.94. The molecule has 3 rings (SSSR count). The van der Waals surface area contributed by atoms with Crippen LogP contribution >= 0.6 is 0 Å². The third-order valence-electron chi connectivity index (χ3n) is 4.00. The van der Waals surface area contributed by atoms with Crippen LogP contribution in [0.15, 0.2) is 53.2 Å². The molecule has 0 aliphatic heterocycles. The van der Waals surface area contributed by atoms with Gasteiger partial charge in [0.1, 0.15) is 0 Å². The van der Waals surface area contributed by atoms with E-state index in [0.717, 1.165) is 22.3 Å². The second-order valence-corrected chi connectivity index (χ2v) is 5.85. The van der Waals surface area contributed by atoms with Gasteiger partial charge in [-0.2, -0.15) is 0 Å². The molecule has 0 saturated carbocycles. The Kier molecular flexibility index (Phi) is 5.22. The topological polar surface area (TPSA) is 73.6 Å². The number of methoxy groups -OCH3 is 2. The molecule has 1 N–H and O–H groups in total. The molecular weight excluding hydrogens is 332 g/mol. The number of nitrogens with zero attached hydrogens (tertiary/aromatic N) is 1. The third kappa shape index (κ3) is 3.85. The smallest absolute Gasteiger partial charge is 0.239 e. The van der Waals surface area contributed by atoms with Gasteiger partial charge in [0.25, 0.3) is 0 Å². The molecule has 26 heavy (non-hydrogen) atoms. The lowest BCUT2D eigenvalue weighted by Crippen LogP contribution is -2.14. The Morgan fingerprint density at radius 3 is 2.50 bits per heavy atom. The van der Waals surface area contributed by atoms with Crippen molar-refractivity contribution in [3.05, 3.63) is 59.8 Å². The van der Waals surface area contributed by atoms with E-state index in [0.29, 0.717) is 17.4 Å². The van der Waals surface area contributed by atoms with E-state index in [1.54, 1.807) is 32.5 Å². The second kappa shape index (κ2) is 7.74. The van der Waals surface area contributed by atoms with Crippen LogP contribution in [0.1, 0.15) is 11.1 Å². The molecule has 0 radical (unpaired) electrons. The zero-order valence-corrected chi connectivity index (χ0v) is 14.9. The van der Waals surface area contributed by atoms with E-state index in [2.05, 4.69) is 10.5 Å². The molecule has 1 amide bonds. The maximum Gasteiger partial charge on any atom is 0.239 e. The maximum absolute atomic E-state index is 12.4. The summed E-state index contributed by atoms with van der Waals surface area (Å²) in [6.45, 7) is 2.02. The predicted molar refractivity (Wildman–Crippen MR) is 98.6 cm³/mol. The van der Waals surface area contributed by atoms with Gasteiger partial charge in [-0.3, -0.25) is 10.1 Å². The van der Waals surface area contributed by atoms with Gasteiger partial charge in [-0.15, -0.1) is 0 Å². The lowest BCUT2D eigenvalue weighted by atomic mass is 10.1. The number of carbonyl (C=O) groups is 1. The van der Waals surface area contributed by atoms with Gasteiger partial charge in [-0.1, -0.05) is 41.1 Å². The number of anilines is 1. The standard InChI is InChI=1S/C20H20N2O4/c1-13-4-7-15(8-5-13)16-12-21-26-20(16)22-19(23)11-14-6-9-17(24-2)18(10-14)25-3/h4-10,12H,11H2,1-3H3,(H,22,23). The van der Waals surface area contributed by atoms with E-state index < -0.39 is 0 Å². The van der Waals surface area contributed by atoms with Crippen molar-refractivity contribution < 1.29 is 18.8 Å². The van der Waals surface area contributed by atoms with Crippen LogP contribution in [0.25, 0.3) is 11.1 Å². The molecule has 0 saturated heterocycles. The summed E-state index contributed by atoms with van der Waals surface area (Å²) in [5, 5.41) is 6.58. The summed E-state index contributed by atoms with van der Waals surface area (Å²) in [7, 11) is 3.13. The van der Waals surface area contributed by atoms with E-state index in [1.165, 1.54) is 0 Å². The second-order valence-electron chi connectivity index (χ2n) is 5.85. The van der Waals surface area contributed by atoms with E-state index in [-0.39, 0.29) is 12.3 Å². The number of aromatic nitrogens is 1. The number of aryl methyl sites for hydroxylation is 1. The molecule has 134 valence electrons. The number of ether oxygens (including phenoxy) is 2. The van der Waals surface area contributed by atoms with Gasteiger partial charge in [0.15, 0.2) is 11.5 Å². The zero-order chi connectivity index (χ0) is 18.5. The Morgan fingerprint density at radius 2 is 1.81 bits per heavy atom. The summed E-state index contributed by atoms with van der Waals surface area (Å²) in [5.41, 5.74) is 3.63. The summed E-state index contributed by atoms with van der Waals surface area (Å²) in [4.78, 5) is 12.4. The summed E-state index contributed by atoms with van der Waals surface area (Å²) < 4.78 is 15.7. The van der Waals surface area contributed by atoms with Crippen molar-refractivity contribution in [1.29, 1.82) is 0 Å². The van der Waals surface area contributed by atoms with Gasteiger partial charge in [-0.05, 0) is 30.2 Å². The van der Waals surface area contributed by atoms with E-state index >= 15 is 0 Å². The van der Waals surface area contributed by atoms with Crippen LogP contribution < -0.4 is 14.8 Å². The van der Waals surface area contributed by atoms with Crippen molar-refractivity contribution in [1.82, 2.24) is 5.16 Å². The summed E-state index contributed by atoms with van der Waals surface area (Å²) in [6.07, 6.45) is 1.77. The highest BCUT2D eigenvalue weighted by atomic mass is 16.5. The highest BCUT2D eigenvalue weighted by Gasteiger charge is 2.15. The molecule has 0 aliphatic rings. The van der Waals surface area contributed by atoms with Crippen LogP contribution in [0.4, 0.5) is 5.88 Å². The van der Waals surface area contributed by atoms with Gasteiger partial charge in [0, 0.05) is 0 Å². The number of rotatable bonds is 6. The number of hydrogen-bond acceptors (Lipinski definition) is 5. The SMILES string of the molecule is COc1ccc(CC(=O)Nc2oncc2-c2ccc(C)cc2)cc1OC. The normalized spacial score (nSPS) is 10.4. The van der Waals surface area contributed by atoms with Crippen molar-refractivity contribution in [3.8, 4) is 22.6 Å². The van der Waals surface area contributed by atoms with E-state index in [1.807, 2.05) is 37.3 Å². The molecule has 0 spiro atoms. The summed E-state index contributed by atoms with van der Waals surface area (Å²) in [5.74, 6) is 1.33. The zero-order valence-electron chi connectivity index (χ0n) is 14.9. The first-order valence-corrected chi connectivity index (χ1v) is 8.13. The van der Waals surface area contributed by atoms with Crippen molar-refractivity contribution in [2.24, 2.45) is 0 Å². The van der Waals surface area contributed by atoms with Gasteiger partial charge >= 0.3 is 0 Å². The van der Waals surface area contributed by atoms with Crippen LogP contribution in [-0.2, 0) is 11.2 Å². The molecule has 0 aliphatic carbocycles. The van der Waals surface area contributed by atoms with Gasteiger partial charge in [-0.25, -0.2) is 0 Å². The summed E-state index contributed by atoms with van der Waals surface area (Å²) >= 11 is 0. The monoisotopic (exact) mass is 352 g/mol. The highest BCUT2D eigenvalue weighted by Crippen LogP contribution is 2.29. The molecule has 0 atom stereocenters. The summed E-state index contributed by atoms with van der Waals surface area (Å²) in [6, 6.07) is 13.3. The average Bonchev–Trinajstić information content (AvgIpc) is 3.10. The number of hydrogen-bond donors (Lipinski definition) is 1. The lowest BCUT2D eigenvalue weighted by molar-refractivity contribution is -0.115. The molecular formula is C20H20N2O4. The molecule has 3 aromatic rings. The largest absolute Gasteiger partial charge is 0.493 e. The van der Waals surface area contributed by atoms with E-state index in [9.17, 15) is 4.79 Å². The predicted octanol–water partition coefficient (Wildman–Crippen LogP) is 3.85. The molecule has 1 aromatic heterocycles. The Morgan fingerprint density at radius 1 is 1.08 bits per heavy atom. The van der Waals surface area contributed by atoms with Crippen LogP contribution in [-0.4, -0.2) is 25.3 Å². The van der Waals surface area contributed by atoms with Gasteiger partial charge in [0.05, 0.1) is 32.4 Å². The molecule has 0 unspecified atom stereocenters. The van der Waals surface area contributed by atoms with Crippen molar-refractivity contribution in [2.45, 2.75) is 13.3 Å². The van der Waals surface area contributed by atoms with Crippen LogP contribution in [0.3, 0.4) is 0 Å². The van der Waals surface area contributed by atoms with Gasteiger partial charge in [0.2, 0.25) is 11.8 Å². The minimum atomic E-state index is -0.206. The third-order valence-corrected chi connectivity index (χ3v) is 4.00. The average molecular weight is 352 g/mol. The molecule has 1 heterocycles. The first-order chi connectivity index (χ1) is 12.6. The Hall–Kier alpha value is -3.28. The van der Waals surface area contributed by atoms with E-state index in [4.69, 9.17) is 14.0 Å². The number of benzene rings is 2. The molecule has 2 aromatic carbocycles. The lowest BCUT2D eigenvalue weighted by Gasteiger charge is -2.09. The fourth-order valence-electron chi connectivity index (χ4n) is 2.62. The Labute approximate surface area is 151 Å². The minimum Gasteiger partial charge on any atom is -0.493 e. The first kappa shape index (κ1) is 17.5. The first-order valence-electron chi connectivity index (χ1n) is 8.13. The minimum absolute atomic E-state index is 0.175. The Balaban J connectivity index is 1.73. The molecule has 0 bridgehead atoms. The van der Waals surface area contributed by atoms with Crippen molar-refractivity contribution in [2.75, 3.05) is 19.5 Å². The quantitative estimate of drug-likeness (QED) is 0.729.